The van der Waals surface area contributed by atoms with Crippen LogP contribution >= 0.6 is 0 Å². The molecule has 8 heteroatoms. The van der Waals surface area contributed by atoms with Crippen LogP contribution < -0.4 is 10.6 Å². The van der Waals surface area contributed by atoms with Crippen LogP contribution in [-0.4, -0.2) is 48.6 Å². The number of alkyl halides is 3. The van der Waals surface area contributed by atoms with Gasteiger partial charge in [-0.15, -0.1) is 0 Å². The predicted octanol–water partition coefficient (Wildman–Crippen LogP) is 2.49. The molecule has 2 saturated heterocycles. The van der Waals surface area contributed by atoms with E-state index in [2.05, 4.69) is 47.9 Å². The molecule has 2 atom stereocenters. The third kappa shape index (κ3) is 5.98. The molecule has 2 heterocycles. The van der Waals surface area contributed by atoms with Gasteiger partial charge >= 0.3 is 12.1 Å². The molecule has 0 radical (unpaired) electrons. The Morgan fingerprint density at radius 3 is 2.40 bits per heavy atom. The number of ether oxygens (including phenoxy) is 1. The first kappa shape index (κ1) is 19.7. The number of piperidine rings is 1. The van der Waals surface area contributed by atoms with Gasteiger partial charge in [0.25, 0.3) is 0 Å². The molecule has 3 rings (SSSR count). The van der Waals surface area contributed by atoms with Crippen molar-refractivity contribution in [2.45, 2.75) is 43.6 Å². The maximum absolute atomic E-state index is 10.6. The minimum absolute atomic E-state index is 0.212. The molecule has 3 N–H and O–H groups in total. The van der Waals surface area contributed by atoms with Gasteiger partial charge in [-0.25, -0.2) is 4.79 Å². The molecular weight excluding hydrogens is 337 g/mol. The largest absolute Gasteiger partial charge is 0.490 e. The van der Waals surface area contributed by atoms with Crippen LogP contribution in [0, 0.1) is 0 Å². The molecule has 5 nitrogen and oxygen atoms in total. The maximum atomic E-state index is 10.6. The first-order valence-electron chi connectivity index (χ1n) is 8.13. The minimum Gasteiger partial charge on any atom is -0.475 e. The third-order valence-electron chi connectivity index (χ3n) is 4.24. The van der Waals surface area contributed by atoms with E-state index >= 15 is 0 Å². The topological polar surface area (TPSA) is 70.6 Å². The number of halogens is 3. The number of aliphatic carboxylic acids is 1. The number of hydrogen-bond acceptors (Lipinski definition) is 4. The van der Waals surface area contributed by atoms with Crippen molar-refractivity contribution in [2.75, 3.05) is 19.8 Å². The molecular formula is C17H23F3N2O3. The van der Waals surface area contributed by atoms with Gasteiger partial charge in [-0.2, -0.15) is 13.2 Å². The lowest BCUT2D eigenvalue weighted by molar-refractivity contribution is -0.192. The van der Waals surface area contributed by atoms with E-state index < -0.39 is 12.1 Å². The van der Waals surface area contributed by atoms with Crippen molar-refractivity contribution in [3.05, 3.63) is 35.9 Å². The average Bonchev–Trinajstić information content (AvgIpc) is 2.54. The normalized spacial score (nSPS) is 25.3. The lowest BCUT2D eigenvalue weighted by atomic mass is 9.90. The van der Waals surface area contributed by atoms with Crippen molar-refractivity contribution in [1.82, 2.24) is 10.6 Å². The van der Waals surface area contributed by atoms with Crippen LogP contribution in [0.15, 0.2) is 30.3 Å². The zero-order valence-corrected chi connectivity index (χ0v) is 14.0. The summed E-state index contributed by atoms with van der Waals surface area (Å²) < 4.78 is 37.0. The highest BCUT2D eigenvalue weighted by molar-refractivity contribution is 5.73. The van der Waals surface area contributed by atoms with E-state index in [4.69, 9.17) is 14.6 Å². The molecule has 1 aromatic carbocycles. The molecule has 0 unspecified atom stereocenters. The van der Waals surface area contributed by atoms with Crippen LogP contribution in [-0.2, 0) is 9.53 Å². The molecule has 0 aromatic heterocycles. The van der Waals surface area contributed by atoms with Crippen molar-refractivity contribution in [2.24, 2.45) is 0 Å². The standard InChI is InChI=1S/C15H22N2O.C2HF3O2/c1-15(10-18-11-15)17-13-7-8-16-14(9-13)12-5-3-2-4-6-12;3-2(4,5)1(6)7/h2-6,13-14,16-17H,7-11H2,1H3;(H,6,7)/t13-,14+;/m1./s1. The summed E-state index contributed by atoms with van der Waals surface area (Å²) >= 11 is 0. The Morgan fingerprint density at radius 1 is 1.32 bits per heavy atom. The Bertz CT molecular complexity index is 562. The Kier molecular flexibility index (Phi) is 6.42. The molecule has 2 aliphatic rings. The number of carboxylic acid groups (broad SMARTS) is 1. The molecule has 2 fully saturated rings. The fourth-order valence-electron chi connectivity index (χ4n) is 2.97. The van der Waals surface area contributed by atoms with E-state index in [9.17, 15) is 13.2 Å². The van der Waals surface area contributed by atoms with Crippen LogP contribution in [0.25, 0.3) is 0 Å². The van der Waals surface area contributed by atoms with E-state index in [0.29, 0.717) is 12.1 Å². The molecule has 0 saturated carbocycles. The third-order valence-corrected chi connectivity index (χ3v) is 4.24. The second-order valence-electron chi connectivity index (χ2n) is 6.64. The zero-order valence-electron chi connectivity index (χ0n) is 14.0. The van der Waals surface area contributed by atoms with Gasteiger partial charge in [0.15, 0.2) is 0 Å². The predicted molar refractivity (Wildman–Crippen MR) is 86.3 cm³/mol. The van der Waals surface area contributed by atoms with Crippen LogP contribution in [0.4, 0.5) is 13.2 Å². The number of carbonyl (C=O) groups is 1. The van der Waals surface area contributed by atoms with E-state index in [1.807, 2.05) is 0 Å². The van der Waals surface area contributed by atoms with Crippen LogP contribution in [0.1, 0.15) is 31.4 Å². The highest BCUT2D eigenvalue weighted by Crippen LogP contribution is 2.26. The lowest BCUT2D eigenvalue weighted by Crippen LogP contribution is -2.62. The molecule has 0 amide bonds. The monoisotopic (exact) mass is 360 g/mol. The molecule has 0 spiro atoms. The lowest BCUT2D eigenvalue weighted by Gasteiger charge is -2.44. The van der Waals surface area contributed by atoms with Gasteiger partial charge in [-0.1, -0.05) is 30.3 Å². The minimum atomic E-state index is -5.08. The van der Waals surface area contributed by atoms with Crippen molar-refractivity contribution >= 4 is 5.97 Å². The second-order valence-corrected chi connectivity index (χ2v) is 6.64. The average molecular weight is 360 g/mol. The van der Waals surface area contributed by atoms with Crippen LogP contribution in [0.5, 0.6) is 0 Å². The van der Waals surface area contributed by atoms with E-state index in [1.54, 1.807) is 0 Å². The summed E-state index contributed by atoms with van der Waals surface area (Å²) in [6, 6.07) is 11.8. The first-order valence-corrected chi connectivity index (χ1v) is 8.13. The zero-order chi connectivity index (χ0) is 18.5. The summed E-state index contributed by atoms with van der Waals surface area (Å²) in [5.41, 5.74) is 1.61. The summed E-state index contributed by atoms with van der Waals surface area (Å²) in [6.07, 6.45) is -2.71. The molecule has 0 aliphatic carbocycles. The number of benzene rings is 1. The summed E-state index contributed by atoms with van der Waals surface area (Å²) in [4.78, 5) is 8.90. The fraction of sp³-hybridized carbons (Fsp3) is 0.588. The molecule has 1 aromatic rings. The number of hydrogen-bond donors (Lipinski definition) is 3. The van der Waals surface area contributed by atoms with Crippen molar-refractivity contribution in [1.29, 1.82) is 0 Å². The van der Waals surface area contributed by atoms with Gasteiger partial charge in [-0.05, 0) is 31.9 Å². The van der Waals surface area contributed by atoms with Gasteiger partial charge in [0.2, 0.25) is 0 Å². The SMILES string of the molecule is CC1(N[C@@H]2CCN[C@H](c3ccccc3)C2)COC1.O=C(O)C(F)(F)F. The van der Waals surface area contributed by atoms with E-state index in [1.165, 1.54) is 18.4 Å². The van der Waals surface area contributed by atoms with E-state index in [0.717, 1.165) is 19.8 Å². The van der Waals surface area contributed by atoms with Crippen LogP contribution in [0.2, 0.25) is 0 Å². The van der Waals surface area contributed by atoms with Gasteiger partial charge < -0.3 is 20.5 Å². The maximum Gasteiger partial charge on any atom is 0.490 e. The summed E-state index contributed by atoms with van der Waals surface area (Å²) in [6.45, 7) is 5.06. The van der Waals surface area contributed by atoms with Crippen molar-refractivity contribution in [3.63, 3.8) is 0 Å². The highest BCUT2D eigenvalue weighted by Gasteiger charge is 2.38. The summed E-state index contributed by atoms with van der Waals surface area (Å²) in [5, 5.41) is 14.5. The Balaban J connectivity index is 0.000000277. The Morgan fingerprint density at radius 2 is 1.92 bits per heavy atom. The van der Waals surface area contributed by atoms with Crippen molar-refractivity contribution in [3.8, 4) is 0 Å². The first-order chi connectivity index (χ1) is 11.7. The Hall–Kier alpha value is -1.64. The van der Waals surface area contributed by atoms with E-state index in [-0.39, 0.29) is 5.54 Å². The number of rotatable bonds is 3. The summed E-state index contributed by atoms with van der Waals surface area (Å²) in [5.74, 6) is -2.76. The van der Waals surface area contributed by atoms with Gasteiger partial charge in [0.05, 0.1) is 18.8 Å². The molecule has 25 heavy (non-hydrogen) atoms. The smallest absolute Gasteiger partial charge is 0.475 e. The second kappa shape index (κ2) is 8.16. The van der Waals surface area contributed by atoms with Gasteiger partial charge in [-0.3, -0.25) is 0 Å². The van der Waals surface area contributed by atoms with Crippen LogP contribution in [0.3, 0.4) is 0 Å². The van der Waals surface area contributed by atoms with Gasteiger partial charge in [0, 0.05) is 12.1 Å². The number of nitrogens with one attached hydrogen (secondary N) is 2. The van der Waals surface area contributed by atoms with Crippen molar-refractivity contribution < 1.29 is 27.8 Å². The highest BCUT2D eigenvalue weighted by atomic mass is 19.4. The quantitative estimate of drug-likeness (QED) is 0.773. The number of carboxylic acids is 1. The summed E-state index contributed by atoms with van der Waals surface area (Å²) in [7, 11) is 0. The Labute approximate surface area is 144 Å². The molecule has 140 valence electrons. The van der Waals surface area contributed by atoms with Gasteiger partial charge in [0.1, 0.15) is 0 Å². The molecule has 2 aliphatic heterocycles. The fourth-order valence-corrected chi connectivity index (χ4v) is 2.97. The molecule has 0 bridgehead atoms.